The summed E-state index contributed by atoms with van der Waals surface area (Å²) in [7, 11) is -3.48. The quantitative estimate of drug-likeness (QED) is 0.367. The molecule has 0 radical (unpaired) electrons. The van der Waals surface area contributed by atoms with Crippen molar-refractivity contribution in [3.63, 3.8) is 0 Å². The molecule has 0 aliphatic carbocycles. The number of non-ortho nitro benzene ring substituents is 1. The highest BCUT2D eigenvalue weighted by atomic mass is 32.2. The van der Waals surface area contributed by atoms with Crippen LogP contribution in [0.1, 0.15) is 17.3 Å². The maximum atomic E-state index is 12.6. The van der Waals surface area contributed by atoms with Crippen LogP contribution in [-0.4, -0.2) is 74.2 Å². The first-order valence-corrected chi connectivity index (χ1v) is 13.4. The molecule has 1 fully saturated rings. The van der Waals surface area contributed by atoms with Crippen molar-refractivity contribution in [2.24, 2.45) is 0 Å². The Kier molecular flexibility index (Phi) is 7.10. The molecule has 3 aromatic rings. The number of carbonyl (C=O) groups is 1. The number of hydrogen-bond donors (Lipinski definition) is 1. The van der Waals surface area contributed by atoms with Gasteiger partial charge in [0.15, 0.2) is 15.0 Å². The fourth-order valence-electron chi connectivity index (χ4n) is 3.82. The first kappa shape index (κ1) is 24.0. The van der Waals surface area contributed by atoms with Crippen LogP contribution in [0.25, 0.3) is 10.2 Å². The number of benzene rings is 2. The molecule has 0 spiro atoms. The van der Waals surface area contributed by atoms with Crippen molar-refractivity contribution in [2.75, 3.05) is 49.9 Å². The topological polar surface area (TPSA) is 126 Å². The Bertz CT molecular complexity index is 1320. The fourth-order valence-corrected chi connectivity index (χ4v) is 5.96. The lowest BCUT2D eigenvalue weighted by Gasteiger charge is -2.34. The second kappa shape index (κ2) is 10.0. The van der Waals surface area contributed by atoms with Crippen molar-refractivity contribution in [1.29, 1.82) is 0 Å². The van der Waals surface area contributed by atoms with Gasteiger partial charge in [0, 0.05) is 51.4 Å². The summed E-state index contributed by atoms with van der Waals surface area (Å²) < 4.78 is 25.3. The molecule has 10 nitrogen and oxygen atoms in total. The number of aromatic nitrogens is 1. The summed E-state index contributed by atoms with van der Waals surface area (Å²) >= 11 is 1.45. The highest BCUT2D eigenvalue weighted by Gasteiger charge is 2.22. The molecule has 1 aliphatic rings. The normalized spacial score (nSPS) is 14.9. The number of nitrogens with one attached hydrogen (secondary N) is 1. The number of sulfone groups is 1. The second-order valence-corrected chi connectivity index (χ2v) is 11.1. The first-order chi connectivity index (χ1) is 16.3. The third kappa shape index (κ3) is 5.18. The van der Waals surface area contributed by atoms with E-state index < -0.39 is 20.7 Å². The fraction of sp³-hybridized carbons (Fsp3) is 0.364. The van der Waals surface area contributed by atoms with E-state index in [1.165, 1.54) is 29.5 Å². The highest BCUT2D eigenvalue weighted by Crippen LogP contribution is 2.31. The molecular weight excluding hydrogens is 478 g/mol. The van der Waals surface area contributed by atoms with E-state index in [0.29, 0.717) is 13.1 Å². The molecule has 2 heterocycles. The minimum Gasteiger partial charge on any atom is -0.351 e. The summed E-state index contributed by atoms with van der Waals surface area (Å²) in [6, 6.07) is 11.0. The number of nitro benzene ring substituents is 1. The lowest BCUT2D eigenvalue weighted by Crippen LogP contribution is -2.48. The van der Waals surface area contributed by atoms with Crippen molar-refractivity contribution in [3.05, 3.63) is 58.1 Å². The Morgan fingerprint density at radius 3 is 2.62 bits per heavy atom. The third-order valence-electron chi connectivity index (χ3n) is 5.77. The molecular formula is C22H25N5O5S2. The van der Waals surface area contributed by atoms with Gasteiger partial charge in [-0.15, -0.1) is 0 Å². The van der Waals surface area contributed by atoms with Crippen molar-refractivity contribution < 1.29 is 18.1 Å². The number of thiazole rings is 1. The van der Waals surface area contributed by atoms with E-state index in [9.17, 15) is 23.3 Å². The van der Waals surface area contributed by atoms with Crippen LogP contribution in [0.5, 0.6) is 0 Å². The lowest BCUT2D eigenvalue weighted by atomic mass is 10.2. The van der Waals surface area contributed by atoms with E-state index in [4.69, 9.17) is 0 Å². The minimum atomic E-state index is -3.48. The van der Waals surface area contributed by atoms with Gasteiger partial charge in [0.1, 0.15) is 0 Å². The Hall–Kier alpha value is -3.09. The molecule has 34 heavy (non-hydrogen) atoms. The number of rotatable bonds is 8. The van der Waals surface area contributed by atoms with E-state index >= 15 is 0 Å². The van der Waals surface area contributed by atoms with Crippen LogP contribution in [0, 0.1) is 10.1 Å². The molecule has 1 aliphatic heterocycles. The number of hydrogen-bond acceptors (Lipinski definition) is 9. The monoisotopic (exact) mass is 503 g/mol. The van der Waals surface area contributed by atoms with Crippen LogP contribution in [0.15, 0.2) is 47.4 Å². The van der Waals surface area contributed by atoms with E-state index in [0.717, 1.165) is 41.5 Å². The van der Waals surface area contributed by atoms with Crippen LogP contribution >= 0.6 is 11.3 Å². The maximum absolute atomic E-state index is 12.6. The zero-order chi connectivity index (χ0) is 24.3. The third-order valence-corrected chi connectivity index (χ3v) is 8.64. The molecule has 1 N–H and O–H groups in total. The van der Waals surface area contributed by atoms with E-state index in [1.54, 1.807) is 31.2 Å². The predicted molar refractivity (Wildman–Crippen MR) is 131 cm³/mol. The molecule has 0 unspecified atom stereocenters. The summed E-state index contributed by atoms with van der Waals surface area (Å²) in [5, 5.41) is 14.7. The van der Waals surface area contributed by atoms with E-state index in [-0.39, 0.29) is 21.9 Å². The standard InChI is InChI=1S/C22H25N5O5S2/c1-2-34(31,32)20-6-4-3-5-17(20)21(28)23-9-10-25-11-13-26(14-12-25)22-24-18-8-7-16(27(29)30)15-19(18)33-22/h3-8,15H,2,9-14H2,1H3,(H,23,28). The van der Waals surface area contributed by atoms with Crippen LogP contribution in [0.3, 0.4) is 0 Å². The van der Waals surface area contributed by atoms with Crippen LogP contribution < -0.4 is 10.2 Å². The highest BCUT2D eigenvalue weighted by molar-refractivity contribution is 7.91. The molecule has 1 saturated heterocycles. The van der Waals surface area contributed by atoms with Gasteiger partial charge in [0.25, 0.3) is 11.6 Å². The van der Waals surface area contributed by atoms with Crippen molar-refractivity contribution in [3.8, 4) is 0 Å². The average Bonchev–Trinajstić information content (AvgIpc) is 3.28. The Morgan fingerprint density at radius 1 is 1.18 bits per heavy atom. The van der Waals surface area contributed by atoms with Gasteiger partial charge in [-0.25, -0.2) is 13.4 Å². The summed E-state index contributed by atoms with van der Waals surface area (Å²) in [5.74, 6) is -0.456. The summed E-state index contributed by atoms with van der Waals surface area (Å²) in [6.45, 7) is 5.70. The number of anilines is 1. The smallest absolute Gasteiger partial charge is 0.270 e. The minimum absolute atomic E-state index is 0.0597. The summed E-state index contributed by atoms with van der Waals surface area (Å²) in [6.07, 6.45) is 0. The molecule has 1 aromatic heterocycles. The van der Waals surface area contributed by atoms with Crippen molar-refractivity contribution in [1.82, 2.24) is 15.2 Å². The number of amides is 1. The zero-order valence-corrected chi connectivity index (χ0v) is 20.3. The number of fused-ring (bicyclic) bond motifs is 1. The van der Waals surface area contributed by atoms with Gasteiger partial charge in [-0.3, -0.25) is 19.8 Å². The van der Waals surface area contributed by atoms with Gasteiger partial charge >= 0.3 is 0 Å². The number of carbonyl (C=O) groups excluding carboxylic acids is 1. The van der Waals surface area contributed by atoms with Gasteiger partial charge < -0.3 is 10.2 Å². The van der Waals surface area contributed by atoms with Crippen LogP contribution in [-0.2, 0) is 9.84 Å². The number of nitrogens with zero attached hydrogens (tertiary/aromatic N) is 4. The van der Waals surface area contributed by atoms with E-state index in [2.05, 4.69) is 20.1 Å². The largest absolute Gasteiger partial charge is 0.351 e. The van der Waals surface area contributed by atoms with Gasteiger partial charge in [-0.2, -0.15) is 0 Å². The molecule has 2 aromatic carbocycles. The second-order valence-electron chi connectivity index (χ2n) is 7.89. The Labute approximate surface area is 201 Å². The van der Waals surface area contributed by atoms with Crippen LogP contribution in [0.2, 0.25) is 0 Å². The maximum Gasteiger partial charge on any atom is 0.270 e. The van der Waals surface area contributed by atoms with Gasteiger partial charge in [0.05, 0.1) is 31.4 Å². The van der Waals surface area contributed by atoms with Crippen LogP contribution in [0.4, 0.5) is 10.8 Å². The molecule has 12 heteroatoms. The van der Waals surface area contributed by atoms with Crippen molar-refractivity contribution >= 4 is 48.1 Å². The Morgan fingerprint density at radius 2 is 1.91 bits per heavy atom. The van der Waals surface area contributed by atoms with E-state index in [1.807, 2.05) is 0 Å². The number of piperazine rings is 1. The average molecular weight is 504 g/mol. The Balaban J connectivity index is 1.30. The van der Waals surface area contributed by atoms with Gasteiger partial charge in [-0.1, -0.05) is 30.4 Å². The molecule has 0 saturated carbocycles. The molecule has 0 atom stereocenters. The molecule has 0 bridgehead atoms. The molecule has 180 valence electrons. The lowest BCUT2D eigenvalue weighted by molar-refractivity contribution is -0.384. The summed E-state index contributed by atoms with van der Waals surface area (Å²) in [5.41, 5.74) is 0.982. The predicted octanol–water partition coefficient (Wildman–Crippen LogP) is 2.55. The molecule has 1 amide bonds. The van der Waals surface area contributed by atoms with Gasteiger partial charge in [-0.05, 0) is 18.2 Å². The van der Waals surface area contributed by atoms with Crippen molar-refractivity contribution in [2.45, 2.75) is 11.8 Å². The first-order valence-electron chi connectivity index (χ1n) is 10.9. The molecule has 4 rings (SSSR count). The van der Waals surface area contributed by atoms with Gasteiger partial charge in [0.2, 0.25) is 0 Å². The summed E-state index contributed by atoms with van der Waals surface area (Å²) in [4.78, 5) is 32.3. The number of nitro groups is 1. The SMILES string of the molecule is CCS(=O)(=O)c1ccccc1C(=O)NCCN1CCN(c2nc3ccc([N+](=O)[O-])cc3s2)CC1. The zero-order valence-electron chi connectivity index (χ0n) is 18.6.